The van der Waals surface area contributed by atoms with E-state index < -0.39 is 0 Å². The number of amides is 2. The fraction of sp³-hybridized carbons (Fsp3) is 0.368. The van der Waals surface area contributed by atoms with E-state index in [0.29, 0.717) is 30.4 Å². The van der Waals surface area contributed by atoms with Gasteiger partial charge in [0.1, 0.15) is 5.76 Å². The van der Waals surface area contributed by atoms with Gasteiger partial charge >= 0.3 is 0 Å². The summed E-state index contributed by atoms with van der Waals surface area (Å²) in [4.78, 5) is 24.0. The van der Waals surface area contributed by atoms with Gasteiger partial charge in [-0.1, -0.05) is 0 Å². The highest BCUT2D eigenvalue weighted by molar-refractivity contribution is 5.97. The fourth-order valence-electron chi connectivity index (χ4n) is 3.37. The summed E-state index contributed by atoms with van der Waals surface area (Å²) in [6.07, 6.45) is 4.92. The van der Waals surface area contributed by atoms with Crippen molar-refractivity contribution >= 4 is 17.5 Å². The van der Waals surface area contributed by atoms with Crippen molar-refractivity contribution in [3.8, 4) is 0 Å². The van der Waals surface area contributed by atoms with Crippen LogP contribution in [-0.4, -0.2) is 18.4 Å². The first-order chi connectivity index (χ1) is 11.7. The van der Waals surface area contributed by atoms with Crippen LogP contribution in [0.1, 0.15) is 46.9 Å². The van der Waals surface area contributed by atoms with Crippen LogP contribution in [-0.2, 0) is 11.2 Å². The molecule has 5 heteroatoms. The van der Waals surface area contributed by atoms with Gasteiger partial charge in [0, 0.05) is 30.1 Å². The van der Waals surface area contributed by atoms with Crippen molar-refractivity contribution in [2.24, 2.45) is 5.92 Å². The van der Waals surface area contributed by atoms with Gasteiger partial charge in [0.05, 0.1) is 6.26 Å². The lowest BCUT2D eigenvalue weighted by Gasteiger charge is -2.10. The molecule has 0 bridgehead atoms. The number of nitrogens with one attached hydrogen (secondary N) is 2. The molecule has 4 rings (SSSR count). The van der Waals surface area contributed by atoms with Crippen LogP contribution < -0.4 is 10.6 Å². The number of hydrogen-bond acceptors (Lipinski definition) is 3. The molecule has 2 N–H and O–H groups in total. The van der Waals surface area contributed by atoms with Gasteiger partial charge in [-0.3, -0.25) is 9.59 Å². The van der Waals surface area contributed by atoms with E-state index in [4.69, 9.17) is 4.42 Å². The maximum absolute atomic E-state index is 12.4. The van der Waals surface area contributed by atoms with Crippen LogP contribution in [0.4, 0.5) is 5.69 Å². The predicted molar refractivity (Wildman–Crippen MR) is 89.9 cm³/mol. The van der Waals surface area contributed by atoms with Crippen LogP contribution in [0.3, 0.4) is 0 Å². The topological polar surface area (TPSA) is 71.3 Å². The number of rotatable bonds is 4. The zero-order valence-electron chi connectivity index (χ0n) is 13.4. The number of hydrogen-bond donors (Lipinski definition) is 2. The maximum atomic E-state index is 12.4. The molecule has 0 spiro atoms. The van der Waals surface area contributed by atoms with Gasteiger partial charge < -0.3 is 15.1 Å². The largest absolute Gasteiger partial charge is 0.469 e. The molecule has 0 saturated heterocycles. The Hall–Kier alpha value is -2.56. The van der Waals surface area contributed by atoms with Crippen molar-refractivity contribution in [1.82, 2.24) is 5.32 Å². The fourth-order valence-corrected chi connectivity index (χ4v) is 3.37. The first-order valence-corrected chi connectivity index (χ1v) is 8.45. The van der Waals surface area contributed by atoms with E-state index in [0.717, 1.165) is 36.3 Å². The predicted octanol–water partition coefficient (Wildman–Crippen LogP) is 3.09. The zero-order chi connectivity index (χ0) is 16.5. The van der Waals surface area contributed by atoms with Crippen molar-refractivity contribution in [2.45, 2.75) is 31.6 Å². The Bertz CT molecular complexity index is 767. The van der Waals surface area contributed by atoms with Gasteiger partial charge in [-0.2, -0.15) is 0 Å². The van der Waals surface area contributed by atoms with Crippen molar-refractivity contribution in [3.05, 3.63) is 53.5 Å². The Morgan fingerprint density at radius 1 is 1.29 bits per heavy atom. The summed E-state index contributed by atoms with van der Waals surface area (Å²) < 4.78 is 5.41. The van der Waals surface area contributed by atoms with Crippen molar-refractivity contribution in [2.75, 3.05) is 11.9 Å². The number of fused-ring (bicyclic) bond motifs is 1. The zero-order valence-corrected chi connectivity index (χ0v) is 13.4. The Morgan fingerprint density at radius 2 is 2.21 bits per heavy atom. The highest BCUT2D eigenvalue weighted by Gasteiger charge is 2.40. The number of carbonyl (C=O) groups is 2. The molecule has 2 aliphatic rings. The molecule has 0 radical (unpaired) electrons. The summed E-state index contributed by atoms with van der Waals surface area (Å²) in [5.74, 6) is 1.89. The summed E-state index contributed by atoms with van der Waals surface area (Å²) in [6, 6.07) is 9.39. The Balaban J connectivity index is 1.37. The number of benzene rings is 1. The first-order valence-electron chi connectivity index (χ1n) is 8.45. The third-order valence-corrected chi connectivity index (χ3v) is 4.85. The normalized spacial score (nSPS) is 22.2. The molecular weight excluding hydrogens is 304 g/mol. The lowest BCUT2D eigenvalue weighted by Crippen LogP contribution is -2.26. The molecule has 1 aliphatic carbocycles. The second kappa shape index (κ2) is 6.15. The van der Waals surface area contributed by atoms with Crippen molar-refractivity contribution in [3.63, 3.8) is 0 Å². The van der Waals surface area contributed by atoms with Crippen LogP contribution >= 0.6 is 0 Å². The van der Waals surface area contributed by atoms with E-state index in [9.17, 15) is 9.59 Å². The minimum absolute atomic E-state index is 0.0450. The lowest BCUT2D eigenvalue weighted by molar-refractivity contribution is -0.116. The van der Waals surface area contributed by atoms with Crippen LogP contribution in [0, 0.1) is 5.92 Å². The van der Waals surface area contributed by atoms with E-state index in [1.165, 1.54) is 0 Å². The quantitative estimate of drug-likeness (QED) is 0.908. The molecule has 1 saturated carbocycles. The number of carbonyl (C=O) groups excluding carboxylic acids is 2. The summed E-state index contributed by atoms with van der Waals surface area (Å²) in [7, 11) is 0. The molecule has 1 aliphatic heterocycles. The third kappa shape index (κ3) is 3.07. The number of furan rings is 1. The molecule has 2 amide bonds. The second-order valence-electron chi connectivity index (χ2n) is 6.60. The minimum atomic E-state index is -0.0570. The molecule has 0 unspecified atom stereocenters. The monoisotopic (exact) mass is 324 g/mol. The van der Waals surface area contributed by atoms with Gasteiger partial charge in [0.2, 0.25) is 5.91 Å². The van der Waals surface area contributed by atoms with Crippen molar-refractivity contribution < 1.29 is 14.0 Å². The standard InChI is InChI=1S/C19H20N2O3/c22-18-5-1-3-12-9-13(6-7-16(12)21-18)19(23)20-11-14-10-15(14)17-4-2-8-24-17/h2,4,6-9,14-15H,1,3,5,10-11H2,(H,20,23)(H,21,22)/t14-,15+/m0/s1. The van der Waals surface area contributed by atoms with Crippen LogP contribution in [0.5, 0.6) is 0 Å². The van der Waals surface area contributed by atoms with E-state index >= 15 is 0 Å². The smallest absolute Gasteiger partial charge is 0.251 e. The second-order valence-corrected chi connectivity index (χ2v) is 6.60. The number of aryl methyl sites for hydroxylation is 1. The molecule has 2 atom stereocenters. The first kappa shape index (κ1) is 15.0. The molecule has 124 valence electrons. The maximum Gasteiger partial charge on any atom is 0.251 e. The number of anilines is 1. The van der Waals surface area contributed by atoms with Crippen molar-refractivity contribution in [1.29, 1.82) is 0 Å². The molecule has 2 aromatic rings. The molecule has 24 heavy (non-hydrogen) atoms. The van der Waals surface area contributed by atoms with Gasteiger partial charge in [0.15, 0.2) is 0 Å². The SMILES string of the molecule is O=C1CCCc2cc(C(=O)NC[C@@H]3C[C@H]3c3ccco3)ccc2N1. The van der Waals surface area contributed by atoms with Crippen LogP contribution in [0.15, 0.2) is 41.0 Å². The molecular formula is C19H20N2O3. The molecule has 1 aromatic heterocycles. The van der Waals surface area contributed by atoms with E-state index in [-0.39, 0.29) is 11.8 Å². The molecule has 5 nitrogen and oxygen atoms in total. The minimum Gasteiger partial charge on any atom is -0.469 e. The summed E-state index contributed by atoms with van der Waals surface area (Å²) in [5, 5.41) is 5.91. The van der Waals surface area contributed by atoms with Crippen LogP contribution in [0.25, 0.3) is 0 Å². The van der Waals surface area contributed by atoms with Gasteiger partial charge in [-0.15, -0.1) is 0 Å². The average molecular weight is 324 g/mol. The molecule has 2 heterocycles. The van der Waals surface area contributed by atoms with Gasteiger partial charge in [-0.05, 0) is 61.1 Å². The summed E-state index contributed by atoms with van der Waals surface area (Å²) in [5.41, 5.74) is 2.52. The van der Waals surface area contributed by atoms with Crippen LogP contribution in [0.2, 0.25) is 0 Å². The lowest BCUT2D eigenvalue weighted by atomic mass is 10.0. The summed E-state index contributed by atoms with van der Waals surface area (Å²) >= 11 is 0. The average Bonchev–Trinajstić information content (AvgIpc) is 3.21. The Labute approximate surface area is 140 Å². The summed E-state index contributed by atoms with van der Waals surface area (Å²) in [6.45, 7) is 0.665. The molecule has 1 aromatic carbocycles. The van der Waals surface area contributed by atoms with Gasteiger partial charge in [0.25, 0.3) is 5.91 Å². The van der Waals surface area contributed by atoms with E-state index in [1.54, 1.807) is 12.3 Å². The highest BCUT2D eigenvalue weighted by Crippen LogP contribution is 2.47. The molecule has 1 fully saturated rings. The third-order valence-electron chi connectivity index (χ3n) is 4.85. The van der Waals surface area contributed by atoms with Gasteiger partial charge in [-0.25, -0.2) is 0 Å². The van der Waals surface area contributed by atoms with E-state index in [1.807, 2.05) is 24.3 Å². The Morgan fingerprint density at radius 3 is 3.04 bits per heavy atom. The highest BCUT2D eigenvalue weighted by atomic mass is 16.3. The Kier molecular flexibility index (Phi) is 3.84. The van der Waals surface area contributed by atoms with E-state index in [2.05, 4.69) is 10.6 Å².